The highest BCUT2D eigenvalue weighted by Gasteiger charge is 2.47. The Morgan fingerprint density at radius 2 is 1.74 bits per heavy atom. The van der Waals surface area contributed by atoms with Crippen molar-refractivity contribution in [3.63, 3.8) is 0 Å². The molecule has 0 spiro atoms. The molecule has 1 amide bonds. The first-order valence-electron chi connectivity index (χ1n) is 10.5. The van der Waals surface area contributed by atoms with Crippen molar-refractivity contribution in [2.75, 3.05) is 4.90 Å². The van der Waals surface area contributed by atoms with Gasteiger partial charge in [0, 0.05) is 16.3 Å². The summed E-state index contributed by atoms with van der Waals surface area (Å²) in [4.78, 5) is 27.5. The summed E-state index contributed by atoms with van der Waals surface area (Å²) in [5.41, 5.74) is 0.936. The highest BCUT2D eigenvalue weighted by atomic mass is 35.5. The van der Waals surface area contributed by atoms with Gasteiger partial charge >= 0.3 is 0 Å². The number of hydrogen-bond donors (Lipinski definition) is 1. The lowest BCUT2D eigenvalue weighted by Gasteiger charge is -2.25. The minimum Gasteiger partial charge on any atom is -0.507 e. The summed E-state index contributed by atoms with van der Waals surface area (Å²) >= 11 is 12.0. The molecule has 3 aromatic rings. The molecule has 5 nitrogen and oxygen atoms in total. The highest BCUT2D eigenvalue weighted by Crippen LogP contribution is 2.43. The van der Waals surface area contributed by atoms with E-state index in [1.54, 1.807) is 48.5 Å². The number of anilines is 1. The van der Waals surface area contributed by atoms with Crippen LogP contribution in [0.3, 0.4) is 0 Å². The molecule has 0 radical (unpaired) electrons. The second-order valence-electron chi connectivity index (χ2n) is 8.01. The van der Waals surface area contributed by atoms with Crippen molar-refractivity contribution >= 4 is 46.3 Å². The summed E-state index contributed by atoms with van der Waals surface area (Å²) in [6, 6.07) is 15.9. The highest BCUT2D eigenvalue weighted by molar-refractivity contribution is 6.51. The Hall–Kier alpha value is -3.35. The molecule has 0 aliphatic carbocycles. The van der Waals surface area contributed by atoms with E-state index in [1.807, 2.05) is 13.8 Å². The lowest BCUT2D eigenvalue weighted by atomic mass is 9.95. The molecule has 1 aliphatic heterocycles. The third kappa shape index (κ3) is 4.52. The number of carbonyl (C=O) groups excluding carboxylic acids is 2. The molecule has 1 fully saturated rings. The van der Waals surface area contributed by atoms with Gasteiger partial charge in [-0.15, -0.1) is 0 Å². The Balaban J connectivity index is 1.91. The largest absolute Gasteiger partial charge is 0.507 e. The van der Waals surface area contributed by atoms with Gasteiger partial charge in [0.1, 0.15) is 17.3 Å². The molecule has 0 bridgehead atoms. The van der Waals surface area contributed by atoms with Crippen LogP contribution in [0.1, 0.15) is 31.0 Å². The van der Waals surface area contributed by atoms with E-state index < -0.39 is 23.5 Å². The van der Waals surface area contributed by atoms with E-state index in [9.17, 15) is 19.1 Å². The molecule has 8 heteroatoms. The van der Waals surface area contributed by atoms with Gasteiger partial charge in [0.05, 0.1) is 22.7 Å². The number of benzene rings is 3. The fourth-order valence-electron chi connectivity index (χ4n) is 3.84. The van der Waals surface area contributed by atoms with Gasteiger partial charge < -0.3 is 9.84 Å². The second-order valence-corrected chi connectivity index (χ2v) is 8.86. The quantitative estimate of drug-likeness (QED) is 0.245. The van der Waals surface area contributed by atoms with Crippen LogP contribution in [0.5, 0.6) is 5.75 Å². The predicted octanol–water partition coefficient (Wildman–Crippen LogP) is 6.55. The summed E-state index contributed by atoms with van der Waals surface area (Å²) in [5.74, 6) is -2.27. The van der Waals surface area contributed by atoms with Crippen molar-refractivity contribution in [1.29, 1.82) is 0 Å². The Morgan fingerprint density at radius 1 is 1.03 bits per heavy atom. The third-order valence-corrected chi connectivity index (χ3v) is 5.83. The minimum absolute atomic E-state index is 0.0970. The number of ketones is 1. The molecular weight excluding hydrogens is 480 g/mol. The molecule has 1 heterocycles. The second kappa shape index (κ2) is 9.49. The maximum atomic E-state index is 13.8. The molecule has 1 atom stereocenters. The van der Waals surface area contributed by atoms with E-state index in [0.717, 1.165) is 6.07 Å². The first kappa shape index (κ1) is 23.8. The number of carbonyl (C=O) groups is 2. The Kier molecular flexibility index (Phi) is 6.64. The van der Waals surface area contributed by atoms with E-state index in [1.165, 1.54) is 17.0 Å². The van der Waals surface area contributed by atoms with E-state index in [-0.39, 0.29) is 28.1 Å². The summed E-state index contributed by atoms with van der Waals surface area (Å²) in [5, 5.41) is 11.5. The number of nitrogens with zero attached hydrogens (tertiary/aromatic N) is 1. The zero-order valence-corrected chi connectivity index (χ0v) is 19.8. The van der Waals surface area contributed by atoms with Gasteiger partial charge in [-0.3, -0.25) is 14.5 Å². The van der Waals surface area contributed by atoms with Gasteiger partial charge in [-0.25, -0.2) is 4.39 Å². The molecule has 1 unspecified atom stereocenters. The van der Waals surface area contributed by atoms with Gasteiger partial charge in [0.25, 0.3) is 11.7 Å². The van der Waals surface area contributed by atoms with E-state index in [0.29, 0.717) is 21.9 Å². The van der Waals surface area contributed by atoms with Crippen LogP contribution in [0.2, 0.25) is 10.0 Å². The topological polar surface area (TPSA) is 66.8 Å². The van der Waals surface area contributed by atoms with Crippen LogP contribution in [0, 0.1) is 5.82 Å². The molecule has 0 saturated carbocycles. The van der Waals surface area contributed by atoms with Crippen molar-refractivity contribution in [1.82, 2.24) is 0 Å². The van der Waals surface area contributed by atoms with Crippen LogP contribution in [0.25, 0.3) is 5.76 Å². The van der Waals surface area contributed by atoms with Gasteiger partial charge in [-0.2, -0.15) is 0 Å². The lowest BCUT2D eigenvalue weighted by Crippen LogP contribution is -2.29. The first-order valence-corrected chi connectivity index (χ1v) is 11.2. The zero-order valence-electron chi connectivity index (χ0n) is 18.3. The van der Waals surface area contributed by atoms with E-state index in [4.69, 9.17) is 27.9 Å². The van der Waals surface area contributed by atoms with Crippen LogP contribution in [0.4, 0.5) is 10.1 Å². The molecule has 3 aromatic carbocycles. The SMILES string of the molecule is CC(C)Oc1cccc(/C(O)=C2\C(=O)C(=O)N(c3ccc(F)c(Cl)c3)C2c2ccc(Cl)cc2)c1. The van der Waals surface area contributed by atoms with Gasteiger partial charge in [0.15, 0.2) is 0 Å². The van der Waals surface area contributed by atoms with Crippen molar-refractivity contribution < 1.29 is 23.8 Å². The predicted molar refractivity (Wildman–Crippen MR) is 130 cm³/mol. The lowest BCUT2D eigenvalue weighted by molar-refractivity contribution is -0.132. The fourth-order valence-corrected chi connectivity index (χ4v) is 4.14. The number of ether oxygens (including phenoxy) is 1. The standard InChI is InChI=1S/C26H20Cl2FNO4/c1-14(2)34-19-5-3-4-16(12-19)24(31)22-23(15-6-8-17(27)9-7-15)30(26(33)25(22)32)18-10-11-21(29)20(28)13-18/h3-14,23,31H,1-2H3/b24-22+. The number of Topliss-reactive ketones (excluding diaryl/α,β-unsaturated/α-hetero) is 1. The van der Waals surface area contributed by atoms with Crippen LogP contribution >= 0.6 is 23.2 Å². The van der Waals surface area contributed by atoms with Gasteiger partial charge in [-0.1, -0.05) is 47.5 Å². The normalized spacial score (nSPS) is 17.5. The smallest absolute Gasteiger partial charge is 0.300 e. The van der Waals surface area contributed by atoms with Crippen molar-refractivity contribution in [3.05, 3.63) is 99.3 Å². The molecule has 174 valence electrons. The van der Waals surface area contributed by atoms with Crippen LogP contribution < -0.4 is 9.64 Å². The molecule has 1 aliphatic rings. The van der Waals surface area contributed by atoms with E-state index >= 15 is 0 Å². The van der Waals surface area contributed by atoms with Crippen molar-refractivity contribution in [2.45, 2.75) is 26.0 Å². The fraction of sp³-hybridized carbons (Fsp3) is 0.154. The molecule has 1 N–H and O–H groups in total. The average Bonchev–Trinajstić information content (AvgIpc) is 3.06. The van der Waals surface area contributed by atoms with Gasteiger partial charge in [0.2, 0.25) is 0 Å². The van der Waals surface area contributed by atoms with Crippen molar-refractivity contribution in [2.24, 2.45) is 0 Å². The number of amides is 1. The number of hydrogen-bond acceptors (Lipinski definition) is 4. The number of aliphatic hydroxyl groups is 1. The monoisotopic (exact) mass is 499 g/mol. The zero-order chi connectivity index (χ0) is 24.6. The Bertz CT molecular complexity index is 1300. The first-order chi connectivity index (χ1) is 16.2. The van der Waals surface area contributed by atoms with Crippen LogP contribution in [0.15, 0.2) is 72.3 Å². The third-order valence-electron chi connectivity index (χ3n) is 5.29. The summed E-state index contributed by atoms with van der Waals surface area (Å²) in [7, 11) is 0. The molecule has 4 rings (SSSR count). The average molecular weight is 500 g/mol. The van der Waals surface area contributed by atoms with E-state index in [2.05, 4.69) is 0 Å². The number of halogens is 3. The van der Waals surface area contributed by atoms with Crippen LogP contribution in [-0.2, 0) is 9.59 Å². The number of rotatable bonds is 5. The Morgan fingerprint density at radius 3 is 2.38 bits per heavy atom. The summed E-state index contributed by atoms with van der Waals surface area (Å²) in [6.45, 7) is 3.73. The summed E-state index contributed by atoms with van der Waals surface area (Å²) < 4.78 is 19.5. The summed E-state index contributed by atoms with van der Waals surface area (Å²) in [6.07, 6.45) is -0.0970. The Labute approximate surface area is 206 Å². The molecule has 1 saturated heterocycles. The molecule has 34 heavy (non-hydrogen) atoms. The molecule has 0 aromatic heterocycles. The minimum atomic E-state index is -0.992. The van der Waals surface area contributed by atoms with Gasteiger partial charge in [-0.05, 0) is 61.9 Å². The maximum absolute atomic E-state index is 13.8. The van der Waals surface area contributed by atoms with Crippen LogP contribution in [-0.4, -0.2) is 22.9 Å². The molecular formula is C26H20Cl2FNO4. The van der Waals surface area contributed by atoms with Crippen molar-refractivity contribution in [3.8, 4) is 5.75 Å². The maximum Gasteiger partial charge on any atom is 0.300 e. The number of aliphatic hydroxyl groups excluding tert-OH is 1.